The van der Waals surface area contributed by atoms with E-state index in [1.807, 2.05) is 30.0 Å². The molecule has 9 nitrogen and oxygen atoms in total. The number of nitrogens with one attached hydrogen (secondary N) is 1. The Labute approximate surface area is 145 Å². The van der Waals surface area contributed by atoms with Crippen molar-refractivity contribution in [3.05, 3.63) is 36.7 Å². The van der Waals surface area contributed by atoms with Gasteiger partial charge in [-0.3, -0.25) is 4.79 Å². The van der Waals surface area contributed by atoms with Gasteiger partial charge in [0.1, 0.15) is 35.6 Å². The second-order valence-corrected chi connectivity index (χ2v) is 6.30. The molecule has 0 aliphatic carbocycles. The number of hydrogen-bond acceptors (Lipinski definition) is 8. The van der Waals surface area contributed by atoms with Gasteiger partial charge in [-0.25, -0.2) is 19.9 Å². The van der Waals surface area contributed by atoms with Crippen LogP contribution in [0.5, 0.6) is 0 Å². The summed E-state index contributed by atoms with van der Waals surface area (Å²) in [5.41, 5.74) is -0.730. The van der Waals surface area contributed by atoms with Crippen molar-refractivity contribution in [3.8, 4) is 0 Å². The van der Waals surface area contributed by atoms with Crippen LogP contribution >= 0.6 is 0 Å². The van der Waals surface area contributed by atoms with E-state index in [9.17, 15) is 9.90 Å². The fraction of sp³-hybridized carbons (Fsp3) is 0.438. The third-order valence-corrected chi connectivity index (χ3v) is 4.15. The zero-order valence-electron chi connectivity index (χ0n) is 14.3. The summed E-state index contributed by atoms with van der Waals surface area (Å²) >= 11 is 0. The summed E-state index contributed by atoms with van der Waals surface area (Å²) in [4.78, 5) is 32.1. The lowest BCUT2D eigenvalue weighted by molar-refractivity contribution is 0.0574. The first kappa shape index (κ1) is 17.0. The Kier molecular flexibility index (Phi) is 4.75. The molecule has 3 rings (SSSR count). The van der Waals surface area contributed by atoms with Gasteiger partial charge in [-0.15, -0.1) is 0 Å². The lowest BCUT2D eigenvalue weighted by atomic mass is 10.0. The molecular formula is C16H21N7O2. The molecule has 0 aromatic carbocycles. The van der Waals surface area contributed by atoms with E-state index in [0.717, 1.165) is 11.6 Å². The van der Waals surface area contributed by atoms with Crippen molar-refractivity contribution in [2.24, 2.45) is 0 Å². The zero-order valence-corrected chi connectivity index (χ0v) is 14.3. The summed E-state index contributed by atoms with van der Waals surface area (Å²) in [6, 6.07) is 3.41. The molecule has 2 aromatic heterocycles. The third-order valence-electron chi connectivity index (χ3n) is 4.15. The number of aliphatic hydroxyl groups is 1. The van der Waals surface area contributed by atoms with Gasteiger partial charge in [0.15, 0.2) is 0 Å². The van der Waals surface area contributed by atoms with E-state index in [1.54, 1.807) is 0 Å². The summed E-state index contributed by atoms with van der Waals surface area (Å²) in [5.74, 6) is 1.24. The standard InChI is InChI=1S/C16H21N7O2/c1-22(2)13-7-14(21-11-20-13)23-6-4-16(25,9-23)8-18-15(24)12-3-5-17-10-19-12/h3,5,7,10-11,25H,4,6,8-9H2,1-2H3,(H,18,24)/t16-/m1/s1. The highest BCUT2D eigenvalue weighted by Crippen LogP contribution is 2.26. The number of nitrogens with zero attached hydrogens (tertiary/aromatic N) is 6. The van der Waals surface area contributed by atoms with Crippen molar-refractivity contribution < 1.29 is 9.90 Å². The number of amides is 1. The minimum Gasteiger partial charge on any atom is -0.386 e. The fourth-order valence-corrected chi connectivity index (χ4v) is 2.71. The summed E-state index contributed by atoms with van der Waals surface area (Å²) < 4.78 is 0. The van der Waals surface area contributed by atoms with E-state index in [-0.39, 0.29) is 18.1 Å². The van der Waals surface area contributed by atoms with Crippen LogP contribution in [0.4, 0.5) is 11.6 Å². The van der Waals surface area contributed by atoms with Crippen LogP contribution in [0.25, 0.3) is 0 Å². The Hall–Kier alpha value is -2.81. The second-order valence-electron chi connectivity index (χ2n) is 6.30. The van der Waals surface area contributed by atoms with Gasteiger partial charge in [0, 0.05) is 46.0 Å². The van der Waals surface area contributed by atoms with Gasteiger partial charge in [0.25, 0.3) is 5.91 Å². The van der Waals surface area contributed by atoms with Gasteiger partial charge < -0.3 is 20.2 Å². The molecule has 1 aliphatic rings. The Balaban J connectivity index is 1.61. The number of carbonyl (C=O) groups excluding carboxylic acids is 1. The first-order chi connectivity index (χ1) is 12.0. The molecule has 0 unspecified atom stereocenters. The molecule has 1 atom stereocenters. The Morgan fingerprint density at radius 2 is 2.20 bits per heavy atom. The molecular weight excluding hydrogens is 322 g/mol. The Morgan fingerprint density at radius 1 is 1.36 bits per heavy atom. The maximum Gasteiger partial charge on any atom is 0.270 e. The molecule has 0 saturated carbocycles. The Morgan fingerprint density at radius 3 is 2.92 bits per heavy atom. The number of rotatable bonds is 5. The number of hydrogen-bond donors (Lipinski definition) is 2. The maximum atomic E-state index is 12.1. The average molecular weight is 343 g/mol. The molecule has 3 heterocycles. The average Bonchev–Trinajstić information content (AvgIpc) is 3.03. The molecule has 1 fully saturated rings. The van der Waals surface area contributed by atoms with Crippen molar-refractivity contribution in [2.45, 2.75) is 12.0 Å². The highest BCUT2D eigenvalue weighted by atomic mass is 16.3. The number of β-amino-alcohol motifs (C(OH)–C–C–N with tert-alkyl or cyclic N) is 1. The van der Waals surface area contributed by atoms with Crippen LogP contribution in [-0.4, -0.2) is 70.3 Å². The van der Waals surface area contributed by atoms with Crippen molar-refractivity contribution >= 4 is 17.5 Å². The smallest absolute Gasteiger partial charge is 0.270 e. The van der Waals surface area contributed by atoms with Gasteiger partial charge in [-0.1, -0.05) is 0 Å². The molecule has 0 radical (unpaired) electrons. The first-order valence-electron chi connectivity index (χ1n) is 7.98. The predicted molar refractivity (Wildman–Crippen MR) is 92.5 cm³/mol. The molecule has 2 N–H and O–H groups in total. The molecule has 25 heavy (non-hydrogen) atoms. The SMILES string of the molecule is CN(C)c1cc(N2CC[C@@](O)(CNC(=O)c3ccncn3)C2)ncn1. The third kappa shape index (κ3) is 4.00. The molecule has 2 aromatic rings. The van der Waals surface area contributed by atoms with Crippen molar-refractivity contribution in [1.82, 2.24) is 25.3 Å². The van der Waals surface area contributed by atoms with E-state index in [4.69, 9.17) is 0 Å². The van der Waals surface area contributed by atoms with E-state index in [0.29, 0.717) is 19.5 Å². The number of anilines is 2. The minimum absolute atomic E-state index is 0.151. The van der Waals surface area contributed by atoms with Crippen LogP contribution in [-0.2, 0) is 0 Å². The molecule has 1 aliphatic heterocycles. The molecule has 0 bridgehead atoms. The van der Waals surface area contributed by atoms with Gasteiger partial charge in [0.05, 0.1) is 0 Å². The fourth-order valence-electron chi connectivity index (χ4n) is 2.71. The summed E-state index contributed by atoms with van der Waals surface area (Å²) in [6.07, 6.45) is 4.88. The first-order valence-corrected chi connectivity index (χ1v) is 7.98. The molecule has 132 valence electrons. The highest BCUT2D eigenvalue weighted by molar-refractivity contribution is 5.92. The lowest BCUT2D eigenvalue weighted by Crippen LogP contribution is -2.45. The molecule has 9 heteroatoms. The topological polar surface area (TPSA) is 107 Å². The van der Waals surface area contributed by atoms with Crippen LogP contribution in [0.3, 0.4) is 0 Å². The monoisotopic (exact) mass is 343 g/mol. The lowest BCUT2D eigenvalue weighted by Gasteiger charge is -2.24. The zero-order chi connectivity index (χ0) is 17.9. The van der Waals surface area contributed by atoms with Gasteiger partial charge in [-0.2, -0.15) is 0 Å². The van der Waals surface area contributed by atoms with Gasteiger partial charge in [-0.05, 0) is 12.5 Å². The molecule has 1 amide bonds. The summed E-state index contributed by atoms with van der Waals surface area (Å²) in [6.45, 7) is 1.20. The van der Waals surface area contributed by atoms with E-state index in [2.05, 4.69) is 25.3 Å². The minimum atomic E-state index is -1.01. The summed E-state index contributed by atoms with van der Waals surface area (Å²) in [7, 11) is 3.82. The van der Waals surface area contributed by atoms with Crippen LogP contribution in [0.15, 0.2) is 31.0 Å². The predicted octanol–water partition coefficient (Wildman–Crippen LogP) is -0.296. The maximum absolute atomic E-state index is 12.1. The van der Waals surface area contributed by atoms with E-state index < -0.39 is 5.60 Å². The normalized spacial score (nSPS) is 19.7. The molecule has 0 spiro atoms. The van der Waals surface area contributed by atoms with Crippen LogP contribution < -0.4 is 15.1 Å². The second kappa shape index (κ2) is 6.98. The van der Waals surface area contributed by atoms with Gasteiger partial charge >= 0.3 is 0 Å². The van der Waals surface area contributed by atoms with Crippen LogP contribution in [0.1, 0.15) is 16.9 Å². The van der Waals surface area contributed by atoms with E-state index in [1.165, 1.54) is 24.9 Å². The van der Waals surface area contributed by atoms with Crippen molar-refractivity contribution in [3.63, 3.8) is 0 Å². The van der Waals surface area contributed by atoms with Crippen molar-refractivity contribution in [1.29, 1.82) is 0 Å². The number of aromatic nitrogens is 4. The van der Waals surface area contributed by atoms with Crippen molar-refractivity contribution in [2.75, 3.05) is 43.5 Å². The number of carbonyl (C=O) groups is 1. The largest absolute Gasteiger partial charge is 0.386 e. The Bertz CT molecular complexity index is 740. The summed E-state index contributed by atoms with van der Waals surface area (Å²) in [5, 5.41) is 13.5. The molecule has 1 saturated heterocycles. The highest BCUT2D eigenvalue weighted by Gasteiger charge is 2.37. The van der Waals surface area contributed by atoms with E-state index >= 15 is 0 Å². The van der Waals surface area contributed by atoms with Crippen LogP contribution in [0, 0.1) is 0 Å². The quantitative estimate of drug-likeness (QED) is 0.762. The van der Waals surface area contributed by atoms with Gasteiger partial charge in [0.2, 0.25) is 0 Å². The van der Waals surface area contributed by atoms with Crippen LogP contribution in [0.2, 0.25) is 0 Å².